The molecule has 2 aliphatic rings. The molecule has 1 atom stereocenters. The average Bonchev–Trinajstić information content (AvgIpc) is 1.92. The standard InChI is InChI=1S/C8H14N4/c9-7-4-5-11-12-8(7,10)6-2-1-3-6/h4-6,12H,1-3,9-10H2. The van der Waals surface area contributed by atoms with Gasteiger partial charge in [0, 0.05) is 12.1 Å². The largest absolute Gasteiger partial charge is 0.399 e. The molecular weight excluding hydrogens is 152 g/mol. The van der Waals surface area contributed by atoms with Gasteiger partial charge in [-0.1, -0.05) is 6.42 Å². The fraction of sp³-hybridized carbons (Fsp3) is 0.625. The molecule has 1 unspecified atom stereocenters. The summed E-state index contributed by atoms with van der Waals surface area (Å²) in [5.74, 6) is 0.450. The van der Waals surface area contributed by atoms with Crippen molar-refractivity contribution in [2.45, 2.75) is 24.9 Å². The van der Waals surface area contributed by atoms with E-state index in [4.69, 9.17) is 11.5 Å². The highest BCUT2D eigenvalue weighted by Crippen LogP contribution is 2.36. The minimum atomic E-state index is -0.576. The molecule has 1 saturated carbocycles. The highest BCUT2D eigenvalue weighted by molar-refractivity contribution is 5.73. The maximum absolute atomic E-state index is 6.09. The van der Waals surface area contributed by atoms with E-state index in [0.29, 0.717) is 11.6 Å². The van der Waals surface area contributed by atoms with E-state index < -0.39 is 5.66 Å². The van der Waals surface area contributed by atoms with Gasteiger partial charge in [-0.25, -0.2) is 0 Å². The number of hydrazone groups is 1. The zero-order valence-electron chi connectivity index (χ0n) is 6.96. The topological polar surface area (TPSA) is 76.4 Å². The van der Waals surface area contributed by atoms with E-state index in [0.717, 1.165) is 12.8 Å². The Morgan fingerprint density at radius 2 is 2.33 bits per heavy atom. The Bertz CT molecular complexity index is 241. The normalized spacial score (nSPS) is 35.2. The van der Waals surface area contributed by atoms with Gasteiger partial charge in [0.1, 0.15) is 5.66 Å². The van der Waals surface area contributed by atoms with E-state index in [1.54, 1.807) is 12.3 Å². The van der Waals surface area contributed by atoms with Gasteiger partial charge < -0.3 is 11.5 Å². The lowest BCUT2D eigenvalue weighted by atomic mass is 9.74. The van der Waals surface area contributed by atoms with Gasteiger partial charge in [0.15, 0.2) is 0 Å². The summed E-state index contributed by atoms with van der Waals surface area (Å²) in [7, 11) is 0. The van der Waals surface area contributed by atoms with Gasteiger partial charge in [0.05, 0.1) is 5.70 Å². The second kappa shape index (κ2) is 2.48. The summed E-state index contributed by atoms with van der Waals surface area (Å²) in [6, 6.07) is 0. The summed E-state index contributed by atoms with van der Waals surface area (Å²) in [6.45, 7) is 0. The lowest BCUT2D eigenvalue weighted by Crippen LogP contribution is -2.63. The number of hydrogen-bond donors (Lipinski definition) is 3. The molecule has 0 aromatic rings. The van der Waals surface area contributed by atoms with E-state index in [9.17, 15) is 0 Å². The molecule has 0 radical (unpaired) electrons. The fourth-order valence-electron chi connectivity index (χ4n) is 1.65. The van der Waals surface area contributed by atoms with Crippen LogP contribution in [0.3, 0.4) is 0 Å². The van der Waals surface area contributed by atoms with Crippen molar-refractivity contribution in [2.24, 2.45) is 22.5 Å². The van der Waals surface area contributed by atoms with Crippen molar-refractivity contribution in [2.75, 3.05) is 0 Å². The SMILES string of the molecule is NC1=CC=NNC1(N)C1CCC1. The maximum Gasteiger partial charge on any atom is 0.145 e. The molecule has 2 rings (SSSR count). The van der Waals surface area contributed by atoms with Crippen molar-refractivity contribution in [3.63, 3.8) is 0 Å². The van der Waals surface area contributed by atoms with Crippen LogP contribution in [0.25, 0.3) is 0 Å². The van der Waals surface area contributed by atoms with Crippen LogP contribution in [-0.4, -0.2) is 11.9 Å². The fourth-order valence-corrected chi connectivity index (χ4v) is 1.65. The molecule has 12 heavy (non-hydrogen) atoms. The van der Waals surface area contributed by atoms with Crippen molar-refractivity contribution in [1.82, 2.24) is 5.43 Å². The Morgan fingerprint density at radius 3 is 2.83 bits per heavy atom. The summed E-state index contributed by atoms with van der Waals surface area (Å²) < 4.78 is 0. The number of nitrogens with zero attached hydrogens (tertiary/aromatic N) is 1. The monoisotopic (exact) mass is 166 g/mol. The van der Waals surface area contributed by atoms with E-state index in [1.807, 2.05) is 0 Å². The first-order valence-electron chi connectivity index (χ1n) is 4.29. The average molecular weight is 166 g/mol. The van der Waals surface area contributed by atoms with Gasteiger partial charge in [0.25, 0.3) is 0 Å². The lowest BCUT2D eigenvalue weighted by Gasteiger charge is -2.43. The van der Waals surface area contributed by atoms with Crippen LogP contribution >= 0.6 is 0 Å². The third kappa shape index (κ3) is 0.914. The number of rotatable bonds is 1. The number of nitrogens with two attached hydrogens (primary N) is 2. The van der Waals surface area contributed by atoms with Crippen LogP contribution in [0.15, 0.2) is 16.9 Å². The Kier molecular flexibility index (Phi) is 1.58. The van der Waals surface area contributed by atoms with E-state index >= 15 is 0 Å². The zero-order chi connectivity index (χ0) is 8.60. The van der Waals surface area contributed by atoms with Gasteiger partial charge >= 0.3 is 0 Å². The molecule has 0 aromatic heterocycles. The number of hydrogen-bond acceptors (Lipinski definition) is 4. The van der Waals surface area contributed by atoms with Crippen molar-refractivity contribution in [3.8, 4) is 0 Å². The molecule has 4 nitrogen and oxygen atoms in total. The molecule has 0 spiro atoms. The van der Waals surface area contributed by atoms with Crippen molar-refractivity contribution in [1.29, 1.82) is 0 Å². The van der Waals surface area contributed by atoms with Gasteiger partial charge in [-0.3, -0.25) is 5.43 Å². The second-order valence-corrected chi connectivity index (χ2v) is 3.51. The zero-order valence-corrected chi connectivity index (χ0v) is 6.96. The predicted molar refractivity (Wildman–Crippen MR) is 48.2 cm³/mol. The second-order valence-electron chi connectivity index (χ2n) is 3.51. The third-order valence-corrected chi connectivity index (χ3v) is 2.80. The predicted octanol–water partition coefficient (Wildman–Crippen LogP) is -0.127. The van der Waals surface area contributed by atoms with E-state index in [-0.39, 0.29) is 0 Å². The Morgan fingerprint density at radius 1 is 1.58 bits per heavy atom. The molecule has 1 aliphatic heterocycles. The number of nitrogens with one attached hydrogen (secondary N) is 1. The van der Waals surface area contributed by atoms with Crippen LogP contribution < -0.4 is 16.9 Å². The van der Waals surface area contributed by atoms with Crippen molar-refractivity contribution in [3.05, 3.63) is 11.8 Å². The molecule has 4 heteroatoms. The molecular formula is C8H14N4. The minimum absolute atomic E-state index is 0.450. The summed E-state index contributed by atoms with van der Waals surface area (Å²) in [5.41, 5.74) is 14.9. The Balaban J connectivity index is 2.19. The molecule has 1 aliphatic carbocycles. The molecule has 1 fully saturated rings. The lowest BCUT2D eigenvalue weighted by molar-refractivity contribution is 0.161. The van der Waals surface area contributed by atoms with Gasteiger partial charge in [-0.15, -0.1) is 0 Å². The highest BCUT2D eigenvalue weighted by Gasteiger charge is 2.41. The Hall–Kier alpha value is -1.03. The summed E-state index contributed by atoms with van der Waals surface area (Å²) in [5, 5.41) is 3.93. The first-order valence-corrected chi connectivity index (χ1v) is 4.29. The molecule has 0 saturated heterocycles. The number of allylic oxidation sites excluding steroid dienone is 1. The van der Waals surface area contributed by atoms with E-state index in [2.05, 4.69) is 10.5 Å². The van der Waals surface area contributed by atoms with Crippen LogP contribution in [0.4, 0.5) is 0 Å². The molecule has 5 N–H and O–H groups in total. The summed E-state index contributed by atoms with van der Waals surface area (Å²) in [4.78, 5) is 0. The quantitative estimate of drug-likeness (QED) is 0.508. The van der Waals surface area contributed by atoms with Crippen LogP contribution in [0.2, 0.25) is 0 Å². The molecule has 0 aromatic carbocycles. The highest BCUT2D eigenvalue weighted by atomic mass is 15.4. The maximum atomic E-state index is 6.09. The van der Waals surface area contributed by atoms with Crippen LogP contribution in [0.5, 0.6) is 0 Å². The van der Waals surface area contributed by atoms with Crippen LogP contribution in [0.1, 0.15) is 19.3 Å². The van der Waals surface area contributed by atoms with Crippen LogP contribution in [-0.2, 0) is 0 Å². The molecule has 1 heterocycles. The van der Waals surface area contributed by atoms with Crippen LogP contribution in [0, 0.1) is 5.92 Å². The van der Waals surface area contributed by atoms with Gasteiger partial charge in [0.2, 0.25) is 0 Å². The molecule has 0 bridgehead atoms. The smallest absolute Gasteiger partial charge is 0.145 e. The van der Waals surface area contributed by atoms with Crippen molar-refractivity contribution < 1.29 is 0 Å². The first-order chi connectivity index (χ1) is 5.73. The molecule has 0 amide bonds. The van der Waals surface area contributed by atoms with Gasteiger partial charge in [-0.05, 0) is 18.9 Å². The van der Waals surface area contributed by atoms with E-state index in [1.165, 1.54) is 6.42 Å². The Labute approximate surface area is 71.7 Å². The minimum Gasteiger partial charge on any atom is -0.399 e. The first kappa shape index (κ1) is 7.61. The van der Waals surface area contributed by atoms with Gasteiger partial charge in [-0.2, -0.15) is 5.10 Å². The summed E-state index contributed by atoms with van der Waals surface area (Å²) in [6.07, 6.45) is 6.96. The summed E-state index contributed by atoms with van der Waals surface area (Å²) >= 11 is 0. The van der Waals surface area contributed by atoms with Crippen molar-refractivity contribution >= 4 is 6.21 Å². The molecule has 66 valence electrons. The third-order valence-electron chi connectivity index (χ3n) is 2.80.